The molecule has 0 aliphatic carbocycles. The quantitative estimate of drug-likeness (QED) is 0.501. The van der Waals surface area contributed by atoms with Crippen molar-refractivity contribution in [1.82, 2.24) is 14.5 Å². The number of aryl methyl sites for hydroxylation is 1. The van der Waals surface area contributed by atoms with Crippen molar-refractivity contribution < 1.29 is 22.0 Å². The number of hydrogen-bond donors (Lipinski definition) is 0. The summed E-state index contributed by atoms with van der Waals surface area (Å²) in [6.45, 7) is 1.73. The number of rotatable bonds is 6. The van der Waals surface area contributed by atoms with Crippen LogP contribution in [-0.2, 0) is 21.2 Å². The first-order valence-corrected chi connectivity index (χ1v) is 12.9. The van der Waals surface area contributed by atoms with E-state index >= 15 is 0 Å². The van der Waals surface area contributed by atoms with E-state index in [9.17, 15) is 13.2 Å². The molecule has 1 saturated heterocycles. The molecule has 1 amide bonds. The standard InChI is InChI=1S/C21H22N4O5S2/c26-19(14-31-21-23-22-20(30-21)18-6-4-12-29-18)25-11-3-5-15-13-16(7-8-17(15)25)32(27,28)24-9-1-2-10-24/h4,6-8,12-13H,1-3,5,9-11,14H2. The van der Waals surface area contributed by atoms with Gasteiger partial charge >= 0.3 is 0 Å². The van der Waals surface area contributed by atoms with Crippen molar-refractivity contribution in [2.45, 2.75) is 35.8 Å². The summed E-state index contributed by atoms with van der Waals surface area (Å²) in [6, 6.07) is 8.53. The Morgan fingerprint density at radius 2 is 1.94 bits per heavy atom. The van der Waals surface area contributed by atoms with E-state index in [1.807, 2.05) is 0 Å². The number of thioether (sulfide) groups is 1. The van der Waals surface area contributed by atoms with Crippen LogP contribution >= 0.6 is 11.8 Å². The summed E-state index contributed by atoms with van der Waals surface area (Å²) in [7, 11) is -3.48. The SMILES string of the molecule is O=C(CSc1nnc(-c2ccco2)o1)N1CCCc2cc(S(=O)(=O)N3CCCC3)ccc21. The van der Waals surface area contributed by atoms with Crippen molar-refractivity contribution in [2.24, 2.45) is 0 Å². The van der Waals surface area contributed by atoms with Crippen LogP contribution in [0.2, 0.25) is 0 Å². The Hall–Kier alpha value is -2.63. The highest BCUT2D eigenvalue weighted by atomic mass is 32.2. The van der Waals surface area contributed by atoms with Crippen molar-refractivity contribution in [2.75, 3.05) is 30.3 Å². The Morgan fingerprint density at radius 3 is 2.72 bits per heavy atom. The lowest BCUT2D eigenvalue weighted by atomic mass is 10.0. The molecular formula is C21H22N4O5S2. The van der Waals surface area contributed by atoms with Crippen LogP contribution in [-0.4, -0.2) is 54.2 Å². The molecular weight excluding hydrogens is 452 g/mol. The number of amides is 1. The number of nitrogens with zero attached hydrogens (tertiary/aromatic N) is 4. The van der Waals surface area contributed by atoms with Crippen molar-refractivity contribution in [3.8, 4) is 11.7 Å². The molecule has 0 bridgehead atoms. The minimum absolute atomic E-state index is 0.0937. The summed E-state index contributed by atoms with van der Waals surface area (Å²) >= 11 is 1.16. The summed E-state index contributed by atoms with van der Waals surface area (Å²) in [5, 5.41) is 8.17. The molecule has 0 radical (unpaired) electrons. The van der Waals surface area contributed by atoms with E-state index in [0.717, 1.165) is 48.7 Å². The molecule has 168 valence electrons. The third kappa shape index (κ3) is 4.07. The average molecular weight is 475 g/mol. The second kappa shape index (κ2) is 8.72. The number of hydrogen-bond acceptors (Lipinski definition) is 8. The lowest BCUT2D eigenvalue weighted by Crippen LogP contribution is -2.37. The number of furan rings is 1. The number of benzene rings is 1. The summed E-state index contributed by atoms with van der Waals surface area (Å²) < 4.78 is 38.1. The Balaban J connectivity index is 1.29. The number of aromatic nitrogens is 2. The molecule has 0 saturated carbocycles. The fourth-order valence-corrected chi connectivity index (χ4v) is 6.25. The van der Waals surface area contributed by atoms with E-state index < -0.39 is 10.0 Å². The summed E-state index contributed by atoms with van der Waals surface area (Å²) in [4.78, 5) is 14.9. The predicted molar refractivity (Wildman–Crippen MR) is 118 cm³/mol. The molecule has 3 aromatic rings. The van der Waals surface area contributed by atoms with Crippen LogP contribution in [0.15, 0.2) is 55.5 Å². The minimum atomic E-state index is -3.48. The second-order valence-corrected chi connectivity index (χ2v) is 10.6. The zero-order chi connectivity index (χ0) is 22.1. The fourth-order valence-electron chi connectivity index (χ4n) is 4.04. The van der Waals surface area contributed by atoms with Gasteiger partial charge in [0, 0.05) is 25.3 Å². The van der Waals surface area contributed by atoms with Gasteiger partial charge in [-0.15, -0.1) is 10.2 Å². The molecule has 0 spiro atoms. The van der Waals surface area contributed by atoms with Gasteiger partial charge in [-0.3, -0.25) is 4.79 Å². The fraction of sp³-hybridized carbons (Fsp3) is 0.381. The molecule has 2 aromatic heterocycles. The third-order valence-corrected chi connectivity index (χ3v) is 8.33. The molecule has 2 aliphatic rings. The van der Waals surface area contributed by atoms with Gasteiger partial charge < -0.3 is 13.7 Å². The molecule has 1 aromatic carbocycles. The first-order chi connectivity index (χ1) is 15.5. The van der Waals surface area contributed by atoms with E-state index in [0.29, 0.717) is 30.3 Å². The van der Waals surface area contributed by atoms with E-state index in [4.69, 9.17) is 8.83 Å². The normalized spacial score (nSPS) is 16.9. The van der Waals surface area contributed by atoms with E-state index in [-0.39, 0.29) is 22.8 Å². The topological polar surface area (TPSA) is 110 Å². The maximum absolute atomic E-state index is 12.9. The van der Waals surface area contributed by atoms with Crippen LogP contribution in [0.5, 0.6) is 0 Å². The zero-order valence-corrected chi connectivity index (χ0v) is 18.9. The number of sulfonamides is 1. The molecule has 11 heteroatoms. The van der Waals surface area contributed by atoms with Crippen LogP contribution < -0.4 is 4.90 Å². The van der Waals surface area contributed by atoms with Crippen LogP contribution in [0.25, 0.3) is 11.7 Å². The van der Waals surface area contributed by atoms with Crippen LogP contribution in [0.3, 0.4) is 0 Å². The lowest BCUT2D eigenvalue weighted by Gasteiger charge is -2.30. The van der Waals surface area contributed by atoms with E-state index in [2.05, 4.69) is 10.2 Å². The van der Waals surface area contributed by atoms with Crippen LogP contribution in [0.1, 0.15) is 24.8 Å². The maximum atomic E-state index is 12.9. The number of fused-ring (bicyclic) bond motifs is 1. The highest BCUT2D eigenvalue weighted by Gasteiger charge is 2.30. The molecule has 0 atom stereocenters. The molecule has 1 fully saturated rings. The monoisotopic (exact) mass is 474 g/mol. The van der Waals surface area contributed by atoms with Gasteiger partial charge in [-0.25, -0.2) is 8.42 Å². The van der Waals surface area contributed by atoms with Gasteiger partial charge in [0.15, 0.2) is 5.76 Å². The molecule has 9 nitrogen and oxygen atoms in total. The number of carbonyl (C=O) groups excluding carboxylic acids is 1. The average Bonchev–Trinajstić information content (AvgIpc) is 3.58. The summed E-state index contributed by atoms with van der Waals surface area (Å²) in [5.74, 6) is 0.775. The second-order valence-electron chi connectivity index (χ2n) is 7.69. The van der Waals surface area contributed by atoms with Crippen molar-refractivity contribution >= 4 is 33.4 Å². The predicted octanol–water partition coefficient (Wildman–Crippen LogP) is 3.19. The maximum Gasteiger partial charge on any atom is 0.284 e. The van der Waals surface area contributed by atoms with E-state index in [1.165, 1.54) is 6.26 Å². The highest BCUT2D eigenvalue weighted by molar-refractivity contribution is 7.99. The molecule has 5 rings (SSSR count). The van der Waals surface area contributed by atoms with Gasteiger partial charge in [-0.2, -0.15) is 4.31 Å². The van der Waals surface area contributed by atoms with E-state index in [1.54, 1.807) is 39.5 Å². The number of carbonyl (C=O) groups is 1. The van der Waals surface area contributed by atoms with Gasteiger partial charge in [-0.05, 0) is 61.6 Å². The molecule has 2 aliphatic heterocycles. The Morgan fingerprint density at radius 1 is 1.09 bits per heavy atom. The highest BCUT2D eigenvalue weighted by Crippen LogP contribution is 2.32. The van der Waals surface area contributed by atoms with Gasteiger partial charge in [-0.1, -0.05) is 11.8 Å². The summed E-state index contributed by atoms with van der Waals surface area (Å²) in [6.07, 6.45) is 4.83. The molecule has 0 unspecified atom stereocenters. The van der Waals surface area contributed by atoms with Crippen LogP contribution in [0, 0.1) is 0 Å². The van der Waals surface area contributed by atoms with Crippen molar-refractivity contribution in [3.05, 3.63) is 42.2 Å². The number of anilines is 1. The van der Waals surface area contributed by atoms with Gasteiger partial charge in [0.05, 0.1) is 16.9 Å². The zero-order valence-electron chi connectivity index (χ0n) is 17.3. The van der Waals surface area contributed by atoms with Gasteiger partial charge in [0.25, 0.3) is 11.1 Å². The smallest absolute Gasteiger partial charge is 0.284 e. The Labute approximate surface area is 189 Å². The Kier molecular flexibility index (Phi) is 5.78. The summed E-state index contributed by atoms with van der Waals surface area (Å²) in [5.41, 5.74) is 1.65. The van der Waals surface area contributed by atoms with Crippen molar-refractivity contribution in [3.63, 3.8) is 0 Å². The lowest BCUT2D eigenvalue weighted by molar-refractivity contribution is -0.116. The molecule has 32 heavy (non-hydrogen) atoms. The first-order valence-electron chi connectivity index (χ1n) is 10.5. The van der Waals surface area contributed by atoms with Gasteiger partial charge in [0.1, 0.15) is 0 Å². The Bertz CT molecular complexity index is 1220. The van der Waals surface area contributed by atoms with Crippen molar-refractivity contribution in [1.29, 1.82) is 0 Å². The first kappa shape index (κ1) is 21.2. The molecule has 4 heterocycles. The molecule has 0 N–H and O–H groups in total. The van der Waals surface area contributed by atoms with Gasteiger partial charge in [0.2, 0.25) is 15.9 Å². The van der Waals surface area contributed by atoms with Crippen LogP contribution in [0.4, 0.5) is 5.69 Å². The minimum Gasteiger partial charge on any atom is -0.459 e. The largest absolute Gasteiger partial charge is 0.459 e. The third-order valence-electron chi connectivity index (χ3n) is 5.63.